The smallest absolute Gasteiger partial charge is 0.350 e. The Bertz CT molecular complexity index is 328. The van der Waals surface area contributed by atoms with E-state index in [2.05, 4.69) is 0 Å². The highest BCUT2D eigenvalue weighted by atomic mass is 35.5. The lowest BCUT2D eigenvalue weighted by atomic mass is 10.2. The SMILES string of the molecule is CC(C)(C)OC(=O)/C(Cl)=C\C1COC(C)(C)O1. The van der Waals surface area contributed by atoms with Crippen LogP contribution in [0, 0.1) is 0 Å². The zero-order valence-corrected chi connectivity index (χ0v) is 11.6. The molecule has 5 heteroatoms. The molecule has 1 saturated heterocycles. The van der Waals surface area contributed by atoms with Gasteiger partial charge in [0.2, 0.25) is 0 Å². The molecule has 0 amide bonds. The number of esters is 1. The number of hydrogen-bond acceptors (Lipinski definition) is 4. The summed E-state index contributed by atoms with van der Waals surface area (Å²) in [4.78, 5) is 11.6. The quantitative estimate of drug-likeness (QED) is 0.567. The maximum atomic E-state index is 11.6. The fourth-order valence-corrected chi connectivity index (χ4v) is 1.53. The molecule has 0 bridgehead atoms. The maximum Gasteiger partial charge on any atom is 0.350 e. The molecular weight excluding hydrogens is 244 g/mol. The van der Waals surface area contributed by atoms with E-state index in [0.717, 1.165) is 0 Å². The minimum absolute atomic E-state index is 0.0197. The van der Waals surface area contributed by atoms with E-state index in [1.54, 1.807) is 20.8 Å². The summed E-state index contributed by atoms with van der Waals surface area (Å²) >= 11 is 5.86. The Morgan fingerprint density at radius 3 is 2.47 bits per heavy atom. The molecule has 1 fully saturated rings. The van der Waals surface area contributed by atoms with Crippen LogP contribution in [0.25, 0.3) is 0 Å². The van der Waals surface area contributed by atoms with E-state index in [-0.39, 0.29) is 11.1 Å². The summed E-state index contributed by atoms with van der Waals surface area (Å²) in [6.07, 6.45) is 1.20. The van der Waals surface area contributed by atoms with Gasteiger partial charge in [-0.25, -0.2) is 4.79 Å². The fourth-order valence-electron chi connectivity index (χ4n) is 1.36. The Morgan fingerprint density at radius 1 is 1.47 bits per heavy atom. The molecule has 0 aromatic rings. The first-order valence-electron chi connectivity index (χ1n) is 5.51. The Labute approximate surface area is 107 Å². The normalized spacial score (nSPS) is 24.8. The summed E-state index contributed by atoms with van der Waals surface area (Å²) in [6, 6.07) is 0. The summed E-state index contributed by atoms with van der Waals surface area (Å²) in [5, 5.41) is 0.0197. The lowest BCUT2D eigenvalue weighted by molar-refractivity contribution is -0.149. The molecule has 4 nitrogen and oxygen atoms in total. The summed E-state index contributed by atoms with van der Waals surface area (Å²) in [6.45, 7) is 9.35. The molecule has 1 aliphatic heterocycles. The van der Waals surface area contributed by atoms with E-state index in [1.165, 1.54) is 6.08 Å². The maximum absolute atomic E-state index is 11.6. The van der Waals surface area contributed by atoms with E-state index >= 15 is 0 Å². The predicted molar refractivity (Wildman–Crippen MR) is 64.7 cm³/mol. The van der Waals surface area contributed by atoms with Crippen LogP contribution in [0.2, 0.25) is 0 Å². The molecule has 0 aliphatic carbocycles. The Balaban J connectivity index is 2.58. The lowest BCUT2D eigenvalue weighted by Gasteiger charge is -2.19. The average Bonchev–Trinajstić information content (AvgIpc) is 2.42. The molecule has 1 aliphatic rings. The standard InChI is InChI=1S/C12H19ClO4/c1-11(2,3)17-10(14)9(13)6-8-7-15-12(4,5)16-8/h6,8H,7H2,1-5H3/b9-6+. The molecule has 0 saturated carbocycles. The molecule has 0 aromatic heterocycles. The molecule has 98 valence electrons. The van der Waals surface area contributed by atoms with E-state index in [1.807, 2.05) is 13.8 Å². The van der Waals surface area contributed by atoms with Crippen LogP contribution in [0.3, 0.4) is 0 Å². The van der Waals surface area contributed by atoms with Crippen molar-refractivity contribution in [1.82, 2.24) is 0 Å². The fraction of sp³-hybridized carbons (Fsp3) is 0.750. The molecule has 0 spiro atoms. The van der Waals surface area contributed by atoms with Crippen molar-refractivity contribution in [3.8, 4) is 0 Å². The monoisotopic (exact) mass is 262 g/mol. The van der Waals surface area contributed by atoms with Crippen molar-refractivity contribution in [2.24, 2.45) is 0 Å². The van der Waals surface area contributed by atoms with Crippen molar-refractivity contribution in [2.45, 2.75) is 52.1 Å². The molecule has 1 rings (SSSR count). The van der Waals surface area contributed by atoms with Crippen molar-refractivity contribution >= 4 is 17.6 Å². The molecule has 1 heterocycles. The highest BCUT2D eigenvalue weighted by molar-refractivity contribution is 6.41. The van der Waals surface area contributed by atoms with Crippen molar-refractivity contribution in [3.05, 3.63) is 11.1 Å². The first-order chi connectivity index (χ1) is 7.59. The summed E-state index contributed by atoms with van der Waals surface area (Å²) in [7, 11) is 0. The topological polar surface area (TPSA) is 44.8 Å². The number of carbonyl (C=O) groups excluding carboxylic acids is 1. The van der Waals surface area contributed by atoms with Crippen molar-refractivity contribution in [1.29, 1.82) is 0 Å². The molecule has 0 radical (unpaired) electrons. The third kappa shape index (κ3) is 5.06. The Kier molecular flexibility index (Phi) is 4.23. The number of ether oxygens (including phenoxy) is 3. The van der Waals surface area contributed by atoms with Gasteiger partial charge in [0.25, 0.3) is 0 Å². The van der Waals surface area contributed by atoms with Crippen LogP contribution in [0.1, 0.15) is 34.6 Å². The van der Waals surface area contributed by atoms with Gasteiger partial charge in [-0.3, -0.25) is 0 Å². The van der Waals surface area contributed by atoms with Gasteiger partial charge in [0, 0.05) is 0 Å². The van der Waals surface area contributed by atoms with Crippen LogP contribution < -0.4 is 0 Å². The van der Waals surface area contributed by atoms with Crippen molar-refractivity contribution in [2.75, 3.05) is 6.61 Å². The van der Waals surface area contributed by atoms with Gasteiger partial charge in [0.15, 0.2) is 5.79 Å². The zero-order chi connectivity index (χ0) is 13.3. The van der Waals surface area contributed by atoms with Crippen molar-refractivity contribution < 1.29 is 19.0 Å². The van der Waals surface area contributed by atoms with Crippen LogP contribution >= 0.6 is 11.6 Å². The molecular formula is C12H19ClO4. The average molecular weight is 263 g/mol. The van der Waals surface area contributed by atoms with Crippen LogP contribution in [0.5, 0.6) is 0 Å². The van der Waals surface area contributed by atoms with Gasteiger partial charge in [0.05, 0.1) is 6.61 Å². The number of halogens is 1. The highest BCUT2D eigenvalue weighted by Crippen LogP contribution is 2.24. The first kappa shape index (κ1) is 14.5. The lowest BCUT2D eigenvalue weighted by Crippen LogP contribution is -2.24. The van der Waals surface area contributed by atoms with Crippen molar-refractivity contribution in [3.63, 3.8) is 0 Å². The van der Waals surface area contributed by atoms with E-state index in [4.69, 9.17) is 25.8 Å². The van der Waals surface area contributed by atoms with Gasteiger partial charge in [-0.2, -0.15) is 0 Å². The minimum atomic E-state index is -0.633. The molecule has 1 unspecified atom stereocenters. The van der Waals surface area contributed by atoms with Gasteiger partial charge >= 0.3 is 5.97 Å². The second-order valence-electron chi connectivity index (χ2n) is 5.38. The third-order valence-corrected chi connectivity index (χ3v) is 2.24. The largest absolute Gasteiger partial charge is 0.456 e. The molecule has 0 aromatic carbocycles. The van der Waals surface area contributed by atoms with E-state index < -0.39 is 17.4 Å². The van der Waals surface area contributed by atoms with Crippen LogP contribution in [0.4, 0.5) is 0 Å². The van der Waals surface area contributed by atoms with Gasteiger partial charge in [-0.1, -0.05) is 11.6 Å². The molecule has 0 N–H and O–H groups in total. The first-order valence-corrected chi connectivity index (χ1v) is 5.89. The van der Waals surface area contributed by atoms with Crippen LogP contribution in [-0.4, -0.2) is 30.1 Å². The second-order valence-corrected chi connectivity index (χ2v) is 5.79. The Morgan fingerprint density at radius 2 is 2.06 bits per heavy atom. The number of carbonyl (C=O) groups is 1. The van der Waals surface area contributed by atoms with Gasteiger partial charge < -0.3 is 14.2 Å². The predicted octanol–water partition coefficient (Wildman–Crippen LogP) is 2.60. The summed E-state index contributed by atoms with van der Waals surface area (Å²) < 4.78 is 16.0. The van der Waals surface area contributed by atoms with Crippen LogP contribution in [0.15, 0.2) is 11.1 Å². The number of rotatable bonds is 2. The second kappa shape index (κ2) is 4.96. The van der Waals surface area contributed by atoms with E-state index in [9.17, 15) is 4.79 Å². The van der Waals surface area contributed by atoms with Gasteiger partial charge in [-0.15, -0.1) is 0 Å². The third-order valence-electron chi connectivity index (χ3n) is 1.96. The Hall–Kier alpha value is -0.580. The molecule has 1 atom stereocenters. The van der Waals surface area contributed by atoms with Gasteiger partial charge in [0.1, 0.15) is 16.7 Å². The van der Waals surface area contributed by atoms with E-state index in [0.29, 0.717) is 6.61 Å². The summed E-state index contributed by atoms with van der Waals surface area (Å²) in [5.74, 6) is -1.18. The van der Waals surface area contributed by atoms with Gasteiger partial charge in [-0.05, 0) is 40.7 Å². The minimum Gasteiger partial charge on any atom is -0.456 e. The highest BCUT2D eigenvalue weighted by Gasteiger charge is 2.32. The number of hydrogen-bond donors (Lipinski definition) is 0. The molecule has 17 heavy (non-hydrogen) atoms. The summed E-state index contributed by atoms with van der Waals surface area (Å²) in [5.41, 5.74) is -0.558. The zero-order valence-electron chi connectivity index (χ0n) is 10.9. The van der Waals surface area contributed by atoms with Crippen LogP contribution in [-0.2, 0) is 19.0 Å².